The van der Waals surface area contributed by atoms with Crippen LogP contribution in [0.15, 0.2) is 28.7 Å². The zero-order chi connectivity index (χ0) is 23.5. The van der Waals surface area contributed by atoms with Crippen molar-refractivity contribution in [3.05, 3.63) is 58.1 Å². The van der Waals surface area contributed by atoms with Gasteiger partial charge in [-0.15, -0.1) is 0 Å². The Morgan fingerprint density at radius 2 is 1.85 bits per heavy atom. The molecule has 7 heteroatoms. The number of carbonyl (C=O) groups is 3. The summed E-state index contributed by atoms with van der Waals surface area (Å²) in [6, 6.07) is 7.58. The van der Waals surface area contributed by atoms with Crippen molar-refractivity contribution in [3.8, 4) is 0 Å². The number of hydrogen-bond acceptors (Lipinski definition) is 6. The number of furan rings is 1. The number of benzene rings is 1. The second-order valence-corrected chi connectivity index (χ2v) is 9.95. The van der Waals surface area contributed by atoms with E-state index in [-0.39, 0.29) is 17.3 Å². The van der Waals surface area contributed by atoms with E-state index in [0.29, 0.717) is 39.1 Å². The molecule has 33 heavy (non-hydrogen) atoms. The molecule has 0 unspecified atom stereocenters. The lowest BCUT2D eigenvalue weighted by molar-refractivity contribution is 0.0443. The van der Waals surface area contributed by atoms with E-state index in [1.54, 1.807) is 13.8 Å². The molecule has 4 rings (SSSR count). The van der Waals surface area contributed by atoms with Gasteiger partial charge in [-0.25, -0.2) is 4.79 Å². The second-order valence-electron chi connectivity index (χ2n) is 8.66. The molecule has 174 valence electrons. The van der Waals surface area contributed by atoms with E-state index in [4.69, 9.17) is 9.15 Å². The lowest BCUT2D eigenvalue weighted by Gasteiger charge is -2.20. The molecule has 3 aromatic rings. The lowest BCUT2D eigenvalue weighted by atomic mass is 10.0. The minimum atomic E-state index is -0.647. The van der Waals surface area contributed by atoms with Crippen LogP contribution >= 0.6 is 11.8 Å². The molecule has 1 saturated carbocycles. The molecule has 1 N–H and O–H groups in total. The van der Waals surface area contributed by atoms with Gasteiger partial charge in [-0.1, -0.05) is 37.5 Å². The van der Waals surface area contributed by atoms with Crippen molar-refractivity contribution < 1.29 is 23.5 Å². The van der Waals surface area contributed by atoms with Crippen molar-refractivity contribution in [1.29, 1.82) is 0 Å². The summed E-state index contributed by atoms with van der Waals surface area (Å²) in [5.41, 5.74) is 3.47. The Labute approximate surface area is 197 Å². The first-order chi connectivity index (χ1) is 15.9. The highest BCUT2D eigenvalue weighted by Gasteiger charge is 2.26. The summed E-state index contributed by atoms with van der Waals surface area (Å²) in [6.45, 7) is 4.50. The van der Waals surface area contributed by atoms with Gasteiger partial charge >= 0.3 is 5.97 Å². The Morgan fingerprint density at radius 1 is 1.12 bits per heavy atom. The van der Waals surface area contributed by atoms with Gasteiger partial charge in [0.2, 0.25) is 11.5 Å². The van der Waals surface area contributed by atoms with Crippen molar-refractivity contribution >= 4 is 40.3 Å². The molecule has 0 aliphatic heterocycles. The van der Waals surface area contributed by atoms with Crippen molar-refractivity contribution in [2.24, 2.45) is 0 Å². The molecule has 0 spiro atoms. The van der Waals surface area contributed by atoms with Crippen molar-refractivity contribution in [2.75, 3.05) is 6.61 Å². The third-order valence-corrected chi connectivity index (χ3v) is 7.70. The summed E-state index contributed by atoms with van der Waals surface area (Å²) in [4.78, 5) is 40.5. The molecule has 0 amide bonds. The van der Waals surface area contributed by atoms with Gasteiger partial charge in [0.25, 0.3) is 0 Å². The van der Waals surface area contributed by atoms with E-state index in [0.717, 1.165) is 10.9 Å². The first-order valence-corrected chi connectivity index (χ1v) is 12.4. The number of ether oxygens (including phenoxy) is 1. The van der Waals surface area contributed by atoms with Gasteiger partial charge in [-0.2, -0.15) is 11.8 Å². The van der Waals surface area contributed by atoms with E-state index in [2.05, 4.69) is 4.98 Å². The molecular weight excluding hydrogens is 438 g/mol. The van der Waals surface area contributed by atoms with Crippen molar-refractivity contribution in [1.82, 2.24) is 4.98 Å². The number of rotatable bonds is 8. The third-order valence-electron chi connectivity index (χ3n) is 6.30. The van der Waals surface area contributed by atoms with E-state index < -0.39 is 12.6 Å². The molecule has 0 saturated heterocycles. The van der Waals surface area contributed by atoms with Crippen molar-refractivity contribution in [3.63, 3.8) is 0 Å². The number of esters is 1. The van der Waals surface area contributed by atoms with E-state index in [1.165, 1.54) is 39.0 Å². The molecule has 0 bridgehead atoms. The fraction of sp³-hybridized carbons (Fsp3) is 0.423. The fourth-order valence-electron chi connectivity index (χ4n) is 4.67. The van der Waals surface area contributed by atoms with Gasteiger partial charge < -0.3 is 14.1 Å². The number of carbonyl (C=O) groups excluding carboxylic acids is 3. The van der Waals surface area contributed by atoms with Crippen LogP contribution in [0.2, 0.25) is 0 Å². The molecular formula is C26H29NO5S. The number of aromatic nitrogens is 1. The molecule has 6 nitrogen and oxygen atoms in total. The maximum atomic E-state index is 12.9. The average Bonchev–Trinajstić information content (AvgIpc) is 3.33. The summed E-state index contributed by atoms with van der Waals surface area (Å²) in [5.74, 6) is -0.315. The van der Waals surface area contributed by atoms with Crippen molar-refractivity contribution in [2.45, 2.75) is 63.9 Å². The highest BCUT2D eigenvalue weighted by Crippen LogP contribution is 2.35. The Morgan fingerprint density at radius 3 is 2.55 bits per heavy atom. The number of aryl methyl sites for hydroxylation is 1. The molecule has 1 fully saturated rings. The zero-order valence-corrected chi connectivity index (χ0v) is 20.1. The van der Waals surface area contributed by atoms with Gasteiger partial charge in [0, 0.05) is 33.2 Å². The maximum Gasteiger partial charge on any atom is 0.375 e. The Bertz CT molecular complexity index is 1200. The molecule has 0 atom stereocenters. The number of nitrogens with one attached hydrogen (secondary N) is 1. The fourth-order valence-corrected chi connectivity index (χ4v) is 6.02. The van der Waals surface area contributed by atoms with Crippen LogP contribution in [0.4, 0.5) is 0 Å². The van der Waals surface area contributed by atoms with E-state index >= 15 is 0 Å². The molecule has 1 aliphatic rings. The van der Waals surface area contributed by atoms with E-state index in [1.807, 2.05) is 36.0 Å². The predicted octanol–water partition coefficient (Wildman–Crippen LogP) is 6.19. The highest BCUT2D eigenvalue weighted by atomic mass is 32.2. The van der Waals surface area contributed by atoms with E-state index in [9.17, 15) is 14.4 Å². The number of hydrogen-bond donors (Lipinski definition) is 1. The summed E-state index contributed by atoms with van der Waals surface area (Å²) in [7, 11) is 0. The standard InChI is InChI=1S/C26H29NO5S/c1-15-23(17(3)28)16(2)27-24(15)21(29)13-31-26(30)25-20(14-33-18-9-5-4-6-10-18)19-11-7-8-12-22(19)32-25/h7-8,11-12,18,27H,4-6,9-10,13-14H2,1-3H3. The average molecular weight is 468 g/mol. The topological polar surface area (TPSA) is 89.4 Å². The number of thioether (sulfide) groups is 1. The Kier molecular flexibility index (Phi) is 7.08. The molecule has 0 radical (unpaired) electrons. The predicted molar refractivity (Wildman–Crippen MR) is 129 cm³/mol. The second kappa shape index (κ2) is 10.00. The van der Waals surface area contributed by atoms with Crippen LogP contribution in [0.3, 0.4) is 0 Å². The smallest absolute Gasteiger partial charge is 0.375 e. The Balaban J connectivity index is 1.50. The molecule has 1 aromatic carbocycles. The highest BCUT2D eigenvalue weighted by molar-refractivity contribution is 7.99. The minimum absolute atomic E-state index is 0.111. The number of aromatic amines is 1. The number of H-pyrrole nitrogens is 1. The zero-order valence-electron chi connectivity index (χ0n) is 19.3. The van der Waals surface area contributed by atoms with Gasteiger partial charge in [0.05, 0.1) is 5.69 Å². The molecule has 2 aromatic heterocycles. The maximum absolute atomic E-state index is 12.9. The first-order valence-electron chi connectivity index (χ1n) is 11.4. The van der Waals surface area contributed by atoms with Crippen LogP contribution in [0.25, 0.3) is 11.0 Å². The summed E-state index contributed by atoms with van der Waals surface area (Å²) >= 11 is 1.86. The lowest BCUT2D eigenvalue weighted by Crippen LogP contribution is -2.16. The molecule has 2 heterocycles. The summed E-state index contributed by atoms with van der Waals surface area (Å²) < 4.78 is 11.2. The van der Waals surface area contributed by atoms with Gasteiger partial charge in [-0.3, -0.25) is 9.59 Å². The largest absolute Gasteiger partial charge is 0.451 e. The van der Waals surface area contributed by atoms with Crippen LogP contribution in [0.1, 0.15) is 87.2 Å². The third kappa shape index (κ3) is 4.93. The number of para-hydroxylation sites is 1. The van der Waals surface area contributed by atoms with Crippen LogP contribution in [-0.2, 0) is 10.5 Å². The quantitative estimate of drug-likeness (QED) is 0.314. The van der Waals surface area contributed by atoms with Gasteiger partial charge in [0.1, 0.15) is 5.58 Å². The van der Waals surface area contributed by atoms with Crippen LogP contribution in [0, 0.1) is 13.8 Å². The summed E-state index contributed by atoms with van der Waals surface area (Å²) in [5, 5.41) is 1.49. The number of ketones is 2. The van der Waals surface area contributed by atoms with Crippen LogP contribution in [0.5, 0.6) is 0 Å². The minimum Gasteiger partial charge on any atom is -0.451 e. The van der Waals surface area contributed by atoms with Gasteiger partial charge in [0.15, 0.2) is 12.4 Å². The first kappa shape index (κ1) is 23.4. The van der Waals surface area contributed by atoms with Gasteiger partial charge in [-0.05, 0) is 45.2 Å². The Hall–Kier alpha value is -2.80. The van der Waals surface area contributed by atoms with Crippen LogP contribution < -0.4 is 0 Å². The monoisotopic (exact) mass is 467 g/mol. The summed E-state index contributed by atoms with van der Waals surface area (Å²) in [6.07, 6.45) is 6.20. The normalized spacial score (nSPS) is 14.5. The number of fused-ring (bicyclic) bond motifs is 1. The van der Waals surface area contributed by atoms with Crippen LogP contribution in [-0.4, -0.2) is 34.4 Å². The number of Topliss-reactive ketones (excluding diaryl/α,β-unsaturated/α-hetero) is 2. The SMILES string of the molecule is CC(=O)c1c(C)[nH]c(C(=O)COC(=O)c2oc3ccccc3c2CSC2CCCCC2)c1C. The molecule has 1 aliphatic carbocycles.